The lowest BCUT2D eigenvalue weighted by Gasteiger charge is -2.15. The van der Waals surface area contributed by atoms with Crippen molar-refractivity contribution in [1.82, 2.24) is 0 Å². The molecule has 0 heterocycles. The lowest BCUT2D eigenvalue weighted by atomic mass is 9.98. The molecule has 3 heteroatoms. The molecule has 0 aliphatic rings. The highest BCUT2D eigenvalue weighted by atomic mass is 35.5. The van der Waals surface area contributed by atoms with Crippen molar-refractivity contribution in [2.75, 3.05) is 7.11 Å². The van der Waals surface area contributed by atoms with Gasteiger partial charge in [-0.25, -0.2) is 0 Å². The first-order valence-corrected chi connectivity index (χ1v) is 6.15. The standard InChI is InChI=1S/C15H16ClNO/c1-10-3-8-13(14(16)9-10)15(17)11-4-6-12(18-2)7-5-11/h3-9,15H,17H2,1-2H3. The first kappa shape index (κ1) is 12.9. The van der Waals surface area contributed by atoms with Crippen LogP contribution in [0.15, 0.2) is 42.5 Å². The Kier molecular flexibility index (Phi) is 3.90. The fourth-order valence-corrected chi connectivity index (χ4v) is 2.23. The highest BCUT2D eigenvalue weighted by Gasteiger charge is 2.12. The molecule has 0 spiro atoms. The number of rotatable bonds is 3. The molecule has 2 rings (SSSR count). The molecule has 0 aliphatic heterocycles. The van der Waals surface area contributed by atoms with Gasteiger partial charge in [0.25, 0.3) is 0 Å². The number of hydrogen-bond acceptors (Lipinski definition) is 2. The number of halogens is 1. The van der Waals surface area contributed by atoms with E-state index in [-0.39, 0.29) is 6.04 Å². The van der Waals surface area contributed by atoms with E-state index in [1.807, 2.05) is 49.4 Å². The third kappa shape index (κ3) is 2.66. The zero-order chi connectivity index (χ0) is 13.1. The van der Waals surface area contributed by atoms with Gasteiger partial charge in [-0.15, -0.1) is 0 Å². The molecule has 18 heavy (non-hydrogen) atoms. The van der Waals surface area contributed by atoms with E-state index in [1.165, 1.54) is 0 Å². The van der Waals surface area contributed by atoms with E-state index in [4.69, 9.17) is 22.1 Å². The maximum Gasteiger partial charge on any atom is 0.118 e. The van der Waals surface area contributed by atoms with Gasteiger partial charge in [-0.3, -0.25) is 0 Å². The molecule has 94 valence electrons. The summed E-state index contributed by atoms with van der Waals surface area (Å²) in [6.45, 7) is 2.01. The topological polar surface area (TPSA) is 35.2 Å². The molecule has 0 amide bonds. The second-order valence-electron chi connectivity index (χ2n) is 4.28. The van der Waals surface area contributed by atoms with Crippen molar-refractivity contribution < 1.29 is 4.74 Å². The van der Waals surface area contributed by atoms with Gasteiger partial charge in [0.05, 0.1) is 13.2 Å². The Morgan fingerprint density at radius 1 is 1.11 bits per heavy atom. The van der Waals surface area contributed by atoms with Gasteiger partial charge in [-0.1, -0.05) is 35.9 Å². The first-order valence-electron chi connectivity index (χ1n) is 5.77. The Morgan fingerprint density at radius 2 is 1.78 bits per heavy atom. The minimum Gasteiger partial charge on any atom is -0.497 e. The number of nitrogens with two attached hydrogens (primary N) is 1. The average molecular weight is 262 g/mol. The third-order valence-electron chi connectivity index (χ3n) is 2.97. The summed E-state index contributed by atoms with van der Waals surface area (Å²) in [5.41, 5.74) is 9.32. The molecule has 2 aromatic rings. The highest BCUT2D eigenvalue weighted by Crippen LogP contribution is 2.28. The van der Waals surface area contributed by atoms with Crippen LogP contribution in [-0.2, 0) is 0 Å². The quantitative estimate of drug-likeness (QED) is 0.914. The van der Waals surface area contributed by atoms with Crippen LogP contribution in [0.25, 0.3) is 0 Å². The largest absolute Gasteiger partial charge is 0.497 e. The van der Waals surface area contributed by atoms with Crippen molar-refractivity contribution in [3.63, 3.8) is 0 Å². The van der Waals surface area contributed by atoms with Gasteiger partial charge in [0.2, 0.25) is 0 Å². The van der Waals surface area contributed by atoms with Crippen LogP contribution in [0.2, 0.25) is 5.02 Å². The summed E-state index contributed by atoms with van der Waals surface area (Å²) in [4.78, 5) is 0. The van der Waals surface area contributed by atoms with Crippen LogP contribution >= 0.6 is 11.6 Å². The van der Waals surface area contributed by atoms with Crippen molar-refractivity contribution in [2.45, 2.75) is 13.0 Å². The lowest BCUT2D eigenvalue weighted by molar-refractivity contribution is 0.414. The van der Waals surface area contributed by atoms with Crippen LogP contribution in [0.5, 0.6) is 5.75 Å². The van der Waals surface area contributed by atoms with E-state index in [9.17, 15) is 0 Å². The molecule has 1 atom stereocenters. The molecule has 0 aromatic heterocycles. The predicted octanol–water partition coefficient (Wildman–Crippen LogP) is 3.71. The van der Waals surface area contributed by atoms with E-state index in [2.05, 4.69) is 0 Å². The van der Waals surface area contributed by atoms with Crippen molar-refractivity contribution in [3.05, 3.63) is 64.2 Å². The Hall–Kier alpha value is -1.51. The van der Waals surface area contributed by atoms with Gasteiger partial charge >= 0.3 is 0 Å². The summed E-state index contributed by atoms with van der Waals surface area (Å²) in [5, 5.41) is 0.707. The molecule has 2 nitrogen and oxygen atoms in total. The molecular weight excluding hydrogens is 246 g/mol. The molecule has 2 N–H and O–H groups in total. The average Bonchev–Trinajstić information content (AvgIpc) is 2.38. The number of benzene rings is 2. The fraction of sp³-hybridized carbons (Fsp3) is 0.200. The van der Waals surface area contributed by atoms with Crippen LogP contribution in [0.3, 0.4) is 0 Å². The Labute approximate surface area is 112 Å². The predicted molar refractivity (Wildman–Crippen MR) is 75.2 cm³/mol. The van der Waals surface area contributed by atoms with Gasteiger partial charge in [-0.2, -0.15) is 0 Å². The molecule has 0 fully saturated rings. The summed E-state index contributed by atoms with van der Waals surface area (Å²) < 4.78 is 5.13. The zero-order valence-corrected chi connectivity index (χ0v) is 11.2. The van der Waals surface area contributed by atoms with E-state index in [1.54, 1.807) is 7.11 Å². The zero-order valence-electron chi connectivity index (χ0n) is 10.5. The van der Waals surface area contributed by atoms with E-state index in [0.29, 0.717) is 5.02 Å². The van der Waals surface area contributed by atoms with E-state index < -0.39 is 0 Å². The Morgan fingerprint density at radius 3 is 2.33 bits per heavy atom. The normalized spacial score (nSPS) is 12.2. The lowest BCUT2D eigenvalue weighted by Crippen LogP contribution is -2.12. The second kappa shape index (κ2) is 5.42. The molecule has 0 bridgehead atoms. The van der Waals surface area contributed by atoms with Gasteiger partial charge in [0.15, 0.2) is 0 Å². The van der Waals surface area contributed by atoms with Gasteiger partial charge in [-0.05, 0) is 41.8 Å². The molecule has 0 aliphatic carbocycles. The number of ether oxygens (including phenoxy) is 1. The minimum atomic E-state index is -0.219. The smallest absolute Gasteiger partial charge is 0.118 e. The van der Waals surface area contributed by atoms with Crippen LogP contribution in [0, 0.1) is 6.92 Å². The maximum atomic E-state index is 6.23. The number of methoxy groups -OCH3 is 1. The van der Waals surface area contributed by atoms with Gasteiger partial charge in [0.1, 0.15) is 5.75 Å². The van der Waals surface area contributed by atoms with Crippen molar-refractivity contribution in [2.24, 2.45) is 5.73 Å². The highest BCUT2D eigenvalue weighted by molar-refractivity contribution is 6.31. The first-order chi connectivity index (χ1) is 8.61. The maximum absolute atomic E-state index is 6.23. The Balaban J connectivity index is 2.31. The molecule has 0 saturated carbocycles. The minimum absolute atomic E-state index is 0.219. The molecule has 2 aromatic carbocycles. The van der Waals surface area contributed by atoms with Crippen LogP contribution in [-0.4, -0.2) is 7.11 Å². The van der Waals surface area contributed by atoms with E-state index >= 15 is 0 Å². The summed E-state index contributed by atoms with van der Waals surface area (Å²) in [6.07, 6.45) is 0. The van der Waals surface area contributed by atoms with E-state index in [0.717, 1.165) is 22.4 Å². The monoisotopic (exact) mass is 261 g/mol. The number of aryl methyl sites for hydroxylation is 1. The number of hydrogen-bond donors (Lipinski definition) is 1. The molecule has 1 unspecified atom stereocenters. The summed E-state index contributed by atoms with van der Waals surface area (Å²) in [6, 6.07) is 13.4. The van der Waals surface area contributed by atoms with Gasteiger partial charge < -0.3 is 10.5 Å². The summed E-state index contributed by atoms with van der Waals surface area (Å²) in [5.74, 6) is 0.820. The summed E-state index contributed by atoms with van der Waals surface area (Å²) >= 11 is 6.23. The van der Waals surface area contributed by atoms with Crippen LogP contribution < -0.4 is 10.5 Å². The van der Waals surface area contributed by atoms with Gasteiger partial charge in [0, 0.05) is 5.02 Å². The third-order valence-corrected chi connectivity index (χ3v) is 3.29. The van der Waals surface area contributed by atoms with Crippen LogP contribution in [0.4, 0.5) is 0 Å². The van der Waals surface area contributed by atoms with Crippen molar-refractivity contribution >= 4 is 11.6 Å². The van der Waals surface area contributed by atoms with Crippen molar-refractivity contribution in [3.8, 4) is 5.75 Å². The molecule has 0 radical (unpaired) electrons. The Bertz CT molecular complexity index is 537. The molecular formula is C15H16ClNO. The molecule has 0 saturated heterocycles. The fourth-order valence-electron chi connectivity index (χ4n) is 1.88. The van der Waals surface area contributed by atoms with Crippen LogP contribution in [0.1, 0.15) is 22.7 Å². The SMILES string of the molecule is COc1ccc(C(N)c2ccc(C)cc2Cl)cc1. The second-order valence-corrected chi connectivity index (χ2v) is 4.68. The summed E-state index contributed by atoms with van der Waals surface area (Å²) in [7, 11) is 1.64. The van der Waals surface area contributed by atoms with Crippen molar-refractivity contribution in [1.29, 1.82) is 0 Å².